The van der Waals surface area contributed by atoms with Crippen molar-refractivity contribution in [2.75, 3.05) is 42.7 Å². The number of nitrogens with one attached hydrogen (secondary N) is 2. The molecule has 18 nitrogen and oxygen atoms in total. The second kappa shape index (κ2) is 18.3. The van der Waals surface area contributed by atoms with Gasteiger partial charge >= 0.3 is 18.1 Å². The van der Waals surface area contributed by atoms with Gasteiger partial charge in [0.05, 0.1) is 34.3 Å². The molecule has 2 aromatic carbocycles. The summed E-state index contributed by atoms with van der Waals surface area (Å²) in [6.45, 7) is 12.9. The van der Waals surface area contributed by atoms with Crippen LogP contribution in [0.1, 0.15) is 101 Å². The van der Waals surface area contributed by atoms with E-state index < -0.39 is 51.1 Å². The quantitative estimate of drug-likeness (QED) is 0.0764. The number of fused-ring (bicyclic) bond motifs is 2. The molecule has 3 atom stereocenters. The van der Waals surface area contributed by atoms with Crippen LogP contribution in [0, 0.1) is 23.2 Å². The van der Waals surface area contributed by atoms with E-state index in [4.69, 9.17) is 19.6 Å². The van der Waals surface area contributed by atoms with Gasteiger partial charge in [-0.2, -0.15) is 13.5 Å². The van der Waals surface area contributed by atoms with Gasteiger partial charge in [0.15, 0.2) is 10.8 Å². The first kappa shape index (κ1) is 50.0. The van der Waals surface area contributed by atoms with Gasteiger partial charge in [0.1, 0.15) is 17.4 Å². The number of carboxylic acids is 1. The van der Waals surface area contributed by atoms with E-state index in [1.54, 1.807) is 37.9 Å². The molecule has 4 amide bonds. The molecule has 378 valence electrons. The molecule has 4 aliphatic carbocycles. The SMILES string of the molecule is Cc1c(-c2ccc(-c3ccc4c(c3)N(C(=O)Nc3nc5ccccc5s3)CCC4)nc2C(=O)O)cnn1CC12CC3(C)CC(C)(C1)CC(OCCN(C)C(=O)[C@H](CS(=O)(=O)O)NC(=O)OC(C)(C)C)(C3)C2. The lowest BCUT2D eigenvalue weighted by Crippen LogP contribution is -2.64. The number of aryl methyl sites for hydroxylation is 1. The van der Waals surface area contributed by atoms with Crippen LogP contribution in [0.25, 0.3) is 32.6 Å². The zero-order valence-electron chi connectivity index (χ0n) is 41.2. The van der Waals surface area contributed by atoms with E-state index >= 15 is 0 Å². The second-order valence-electron chi connectivity index (χ2n) is 22.1. The van der Waals surface area contributed by atoms with E-state index in [0.717, 1.165) is 78.5 Å². The van der Waals surface area contributed by atoms with E-state index in [0.29, 0.717) is 40.6 Å². The number of thiazole rings is 1. The summed E-state index contributed by atoms with van der Waals surface area (Å²) in [7, 11) is -3.14. The molecule has 71 heavy (non-hydrogen) atoms. The van der Waals surface area contributed by atoms with Crippen LogP contribution < -0.4 is 15.5 Å². The predicted octanol–water partition coefficient (Wildman–Crippen LogP) is 8.59. The van der Waals surface area contributed by atoms with E-state index in [-0.39, 0.29) is 41.1 Å². The fraction of sp³-hybridized carbons (Fsp3) is 0.510. The number of carbonyl (C=O) groups excluding carboxylic acids is 3. The van der Waals surface area contributed by atoms with Gasteiger partial charge < -0.3 is 24.8 Å². The standard InChI is InChI=1S/C51H62N8O10S2/c1-31-35(34-16-17-36(53-41(34)43(61)62)33-15-14-32-11-10-18-58(39(32)21-33)45(63)56-44-54-37-12-8-9-13-40(37)70-44)22-52-59(31)30-50-25-48(5)24-49(6,26-50)28-51(27-48,29-50)68-20-19-57(7)42(60)38(23-71(65,66)67)55-46(64)69-47(2,3)4/h8-9,12-17,21-22,38H,10-11,18-20,23-30H2,1-7H3,(H,55,64)(H,61,62)(H,54,56,63)(H,65,66,67)/t38-,48?,49?,50?,51?/m0/s1. The Hall–Kier alpha value is -5.96. The highest BCUT2D eigenvalue weighted by atomic mass is 32.2. The third-order valence-corrected chi connectivity index (χ3v) is 16.2. The van der Waals surface area contributed by atoms with E-state index in [2.05, 4.69) is 29.5 Å². The number of aromatic nitrogens is 4. The molecule has 20 heteroatoms. The number of alkyl carbamates (subject to hydrolysis) is 1. The molecule has 4 saturated carbocycles. The Morgan fingerprint density at radius 2 is 1.69 bits per heavy atom. The maximum absolute atomic E-state index is 13.7. The summed E-state index contributed by atoms with van der Waals surface area (Å²) >= 11 is 1.41. The van der Waals surface area contributed by atoms with Crippen molar-refractivity contribution in [2.45, 2.75) is 117 Å². The molecule has 0 spiro atoms. The van der Waals surface area contributed by atoms with Crippen molar-refractivity contribution >= 4 is 66.5 Å². The Kier molecular flexibility index (Phi) is 12.9. The Morgan fingerprint density at radius 1 is 0.958 bits per heavy atom. The Balaban J connectivity index is 0.908. The molecule has 0 radical (unpaired) electrons. The van der Waals surface area contributed by atoms with Crippen molar-refractivity contribution in [1.29, 1.82) is 0 Å². The predicted molar refractivity (Wildman–Crippen MR) is 269 cm³/mol. The number of urea groups is 1. The third-order valence-electron chi connectivity index (χ3n) is 14.5. The average Bonchev–Trinajstić information content (AvgIpc) is 3.84. The van der Waals surface area contributed by atoms with Gasteiger partial charge in [-0.25, -0.2) is 24.4 Å². The number of ether oxygens (including phenoxy) is 2. The summed E-state index contributed by atoms with van der Waals surface area (Å²) in [4.78, 5) is 65.1. The van der Waals surface area contributed by atoms with E-state index in [9.17, 15) is 37.3 Å². The molecule has 4 N–H and O–H groups in total. The largest absolute Gasteiger partial charge is 0.476 e. The number of benzene rings is 2. The van der Waals surface area contributed by atoms with E-state index in [1.807, 2.05) is 60.1 Å². The number of hydrogen-bond donors (Lipinski definition) is 4. The Morgan fingerprint density at radius 3 is 2.38 bits per heavy atom. The van der Waals surface area contributed by atoms with Crippen LogP contribution in [0.2, 0.25) is 0 Å². The van der Waals surface area contributed by atoms with Gasteiger partial charge in [0, 0.05) is 54.8 Å². The number of pyridine rings is 1. The first-order chi connectivity index (χ1) is 33.3. The second-order valence-corrected chi connectivity index (χ2v) is 24.7. The summed E-state index contributed by atoms with van der Waals surface area (Å²) in [5, 5.41) is 21.3. The number of anilines is 2. The first-order valence-electron chi connectivity index (χ1n) is 24.0. The van der Waals surface area contributed by atoms with Crippen LogP contribution in [-0.4, -0.2) is 116 Å². The van der Waals surface area contributed by atoms with Gasteiger partial charge in [-0.05, 0) is 131 Å². The minimum absolute atomic E-state index is 0.0306. The molecule has 10 rings (SSSR count). The number of carbonyl (C=O) groups is 4. The number of nitrogens with zero attached hydrogens (tertiary/aromatic N) is 6. The molecular weight excluding hydrogens is 949 g/mol. The van der Waals surface area contributed by atoms with Crippen LogP contribution in [0.15, 0.2) is 60.8 Å². The maximum Gasteiger partial charge on any atom is 0.408 e. The zero-order valence-corrected chi connectivity index (χ0v) is 42.8. The van der Waals surface area contributed by atoms with Crippen LogP contribution >= 0.6 is 11.3 Å². The molecule has 4 fully saturated rings. The summed E-state index contributed by atoms with van der Waals surface area (Å²) in [5.41, 5.74) is 3.86. The van der Waals surface area contributed by atoms with Crippen LogP contribution in [0.4, 0.5) is 20.4 Å². The molecule has 4 bridgehead atoms. The summed E-state index contributed by atoms with van der Waals surface area (Å²) < 4.78 is 48.4. The van der Waals surface area contributed by atoms with Crippen molar-refractivity contribution in [3.8, 4) is 22.4 Å². The highest BCUT2D eigenvalue weighted by molar-refractivity contribution is 7.85. The lowest BCUT2D eigenvalue weighted by Gasteiger charge is -2.69. The van der Waals surface area contributed by atoms with Gasteiger partial charge in [-0.1, -0.05) is 49.4 Å². The lowest BCUT2D eigenvalue weighted by molar-refractivity contribution is -0.248. The number of hydrogen-bond acceptors (Lipinski definition) is 12. The number of rotatable bonds is 14. The first-order valence-corrected chi connectivity index (χ1v) is 26.4. The van der Waals surface area contributed by atoms with Crippen molar-refractivity contribution < 1.29 is 46.7 Å². The smallest absolute Gasteiger partial charge is 0.408 e. The molecule has 1 aliphatic heterocycles. The minimum atomic E-state index is -4.64. The van der Waals surface area contributed by atoms with Gasteiger partial charge in [-0.15, -0.1) is 0 Å². The van der Waals surface area contributed by atoms with Crippen LogP contribution in [0.5, 0.6) is 0 Å². The molecule has 3 aromatic heterocycles. The zero-order chi connectivity index (χ0) is 50.9. The van der Waals surface area contributed by atoms with Crippen molar-refractivity contribution in [3.05, 3.63) is 77.7 Å². The van der Waals surface area contributed by atoms with Crippen molar-refractivity contribution in [2.24, 2.45) is 16.2 Å². The fourth-order valence-electron chi connectivity index (χ4n) is 13.0. The number of aromatic carboxylic acids is 1. The molecule has 2 unspecified atom stereocenters. The lowest BCUT2D eigenvalue weighted by atomic mass is 9.39. The number of para-hydroxylation sites is 1. The van der Waals surface area contributed by atoms with E-state index in [1.165, 1.54) is 23.3 Å². The van der Waals surface area contributed by atoms with Crippen LogP contribution in [-0.2, 0) is 37.4 Å². The molecule has 4 heterocycles. The summed E-state index contributed by atoms with van der Waals surface area (Å²) in [6, 6.07) is 15.3. The third kappa shape index (κ3) is 10.7. The Bertz CT molecular complexity index is 3000. The Labute approximate surface area is 417 Å². The van der Waals surface area contributed by atoms with Crippen molar-refractivity contribution in [3.63, 3.8) is 0 Å². The average molecular weight is 1010 g/mol. The molecule has 5 aromatic rings. The minimum Gasteiger partial charge on any atom is -0.476 e. The van der Waals surface area contributed by atoms with Crippen molar-refractivity contribution in [1.82, 2.24) is 30.0 Å². The van der Waals surface area contributed by atoms with Crippen LogP contribution in [0.3, 0.4) is 0 Å². The normalized spacial score (nSPS) is 24.1. The molecular formula is C51H62N8O10S2. The topological polar surface area (TPSA) is 235 Å². The number of amides is 4. The summed E-state index contributed by atoms with van der Waals surface area (Å²) in [6.07, 6.45) is 7.71. The van der Waals surface area contributed by atoms with Gasteiger partial charge in [0.2, 0.25) is 5.91 Å². The van der Waals surface area contributed by atoms with Gasteiger partial charge in [0.25, 0.3) is 10.1 Å². The maximum atomic E-state index is 13.7. The molecule has 5 aliphatic rings. The highest BCUT2D eigenvalue weighted by Gasteiger charge is 2.66. The fourth-order valence-corrected chi connectivity index (χ4v) is 14.5. The monoisotopic (exact) mass is 1010 g/mol. The highest BCUT2D eigenvalue weighted by Crippen LogP contribution is 2.72. The number of carboxylic acid groups (broad SMARTS) is 1. The summed E-state index contributed by atoms with van der Waals surface area (Å²) in [5.74, 6) is -2.91. The molecule has 0 saturated heterocycles. The van der Waals surface area contributed by atoms with Gasteiger partial charge in [-0.3, -0.25) is 24.2 Å². The number of likely N-dealkylation sites (N-methyl/N-ethyl adjacent to an activating group) is 1.